The number of nitrogen functional groups attached to an aromatic ring is 1. The molecule has 1 aromatic rings. The van der Waals surface area contributed by atoms with E-state index in [1.807, 2.05) is 0 Å². The Labute approximate surface area is 130 Å². The molecule has 1 aromatic carbocycles. The van der Waals surface area contributed by atoms with E-state index in [1.165, 1.54) is 0 Å². The minimum absolute atomic E-state index is 0.0717. The maximum atomic E-state index is 12.1. The maximum Gasteiger partial charge on any atom is 0.238 e. The normalized spacial score (nSPS) is 18.9. The van der Waals surface area contributed by atoms with Crippen LogP contribution in [0.3, 0.4) is 0 Å². The molecule has 1 unspecified atom stereocenters. The molecule has 1 atom stereocenters. The van der Waals surface area contributed by atoms with Gasteiger partial charge in [-0.1, -0.05) is 11.6 Å². The second-order valence-electron chi connectivity index (χ2n) is 5.42. The lowest BCUT2D eigenvalue weighted by molar-refractivity contribution is -0.117. The quantitative estimate of drug-likeness (QED) is 0.703. The number of nitrogens with one attached hydrogen (secondary N) is 1. The van der Waals surface area contributed by atoms with Crippen molar-refractivity contribution in [3.05, 3.63) is 23.2 Å². The van der Waals surface area contributed by atoms with Gasteiger partial charge >= 0.3 is 0 Å². The van der Waals surface area contributed by atoms with E-state index in [2.05, 4.69) is 10.2 Å². The Bertz CT molecular complexity index is 496. The highest BCUT2D eigenvalue weighted by atomic mass is 35.5. The number of anilines is 2. The number of rotatable bonds is 6. The molecule has 4 N–H and O–H groups in total. The third kappa shape index (κ3) is 4.59. The fourth-order valence-electron chi connectivity index (χ4n) is 2.76. The van der Waals surface area contributed by atoms with E-state index in [4.69, 9.17) is 22.4 Å². The Morgan fingerprint density at radius 3 is 3.05 bits per heavy atom. The van der Waals surface area contributed by atoms with Gasteiger partial charge in [-0.2, -0.15) is 0 Å². The summed E-state index contributed by atoms with van der Waals surface area (Å²) < 4.78 is 0. The van der Waals surface area contributed by atoms with Gasteiger partial charge in [0.1, 0.15) is 0 Å². The number of carbonyl (C=O) groups is 1. The predicted octanol–water partition coefficient (Wildman–Crippen LogP) is 2.10. The van der Waals surface area contributed by atoms with Crippen molar-refractivity contribution in [2.75, 3.05) is 30.7 Å². The number of hydrogen-bond acceptors (Lipinski definition) is 4. The van der Waals surface area contributed by atoms with Crippen molar-refractivity contribution in [1.82, 2.24) is 4.90 Å². The Morgan fingerprint density at radius 1 is 1.52 bits per heavy atom. The smallest absolute Gasteiger partial charge is 0.238 e. The minimum Gasteiger partial charge on any atom is -0.399 e. The Morgan fingerprint density at radius 2 is 2.33 bits per heavy atom. The summed E-state index contributed by atoms with van der Waals surface area (Å²) in [5.41, 5.74) is 6.79. The number of nitrogens with zero attached hydrogens (tertiary/aromatic N) is 1. The number of benzene rings is 1. The van der Waals surface area contributed by atoms with Gasteiger partial charge in [-0.05, 0) is 50.4 Å². The van der Waals surface area contributed by atoms with Crippen molar-refractivity contribution in [2.45, 2.75) is 31.7 Å². The summed E-state index contributed by atoms with van der Waals surface area (Å²) in [7, 11) is 0. The van der Waals surface area contributed by atoms with Gasteiger partial charge in [-0.25, -0.2) is 0 Å². The summed E-state index contributed by atoms with van der Waals surface area (Å²) in [6.45, 7) is 1.49. The van der Waals surface area contributed by atoms with Crippen LogP contribution >= 0.6 is 11.6 Å². The van der Waals surface area contributed by atoms with Crippen LogP contribution in [0.25, 0.3) is 0 Å². The van der Waals surface area contributed by atoms with Crippen LogP contribution in [0.15, 0.2) is 18.2 Å². The van der Waals surface area contributed by atoms with Gasteiger partial charge in [-0.3, -0.25) is 9.69 Å². The zero-order valence-corrected chi connectivity index (χ0v) is 12.8. The largest absolute Gasteiger partial charge is 0.399 e. The summed E-state index contributed by atoms with van der Waals surface area (Å²) in [5.74, 6) is -0.0717. The van der Waals surface area contributed by atoms with Crippen molar-refractivity contribution in [1.29, 1.82) is 0 Å². The van der Waals surface area contributed by atoms with Crippen LogP contribution in [0.2, 0.25) is 5.02 Å². The van der Waals surface area contributed by atoms with Crippen LogP contribution in [0.1, 0.15) is 25.7 Å². The van der Waals surface area contributed by atoms with Crippen LogP contribution in [0.4, 0.5) is 11.4 Å². The molecule has 1 heterocycles. The molecular formula is C15H22ClN3O2. The van der Waals surface area contributed by atoms with E-state index in [9.17, 15) is 4.79 Å². The number of amides is 1. The Hall–Kier alpha value is -1.30. The van der Waals surface area contributed by atoms with Gasteiger partial charge in [0.2, 0.25) is 5.91 Å². The average molecular weight is 312 g/mol. The first kappa shape index (κ1) is 16.1. The summed E-state index contributed by atoms with van der Waals surface area (Å²) >= 11 is 6.05. The van der Waals surface area contributed by atoms with E-state index in [0.29, 0.717) is 29.0 Å². The number of carbonyl (C=O) groups excluding carboxylic acids is 1. The fourth-order valence-corrected chi connectivity index (χ4v) is 3.00. The minimum atomic E-state index is -0.0717. The molecule has 1 saturated heterocycles. The van der Waals surface area contributed by atoms with E-state index in [-0.39, 0.29) is 12.5 Å². The van der Waals surface area contributed by atoms with Gasteiger partial charge in [0, 0.05) is 18.3 Å². The summed E-state index contributed by atoms with van der Waals surface area (Å²) in [6, 6.07) is 5.44. The van der Waals surface area contributed by atoms with Gasteiger partial charge in [0.15, 0.2) is 0 Å². The molecule has 1 fully saturated rings. The molecule has 0 aliphatic carbocycles. The van der Waals surface area contributed by atoms with Crippen LogP contribution in [-0.4, -0.2) is 41.7 Å². The lowest BCUT2D eigenvalue weighted by atomic mass is 10.1. The molecule has 21 heavy (non-hydrogen) atoms. The number of aliphatic hydroxyl groups excluding tert-OH is 1. The molecule has 6 heteroatoms. The van der Waals surface area contributed by atoms with Crippen molar-refractivity contribution >= 4 is 28.9 Å². The van der Waals surface area contributed by atoms with Crippen LogP contribution in [0.5, 0.6) is 0 Å². The first-order valence-corrected chi connectivity index (χ1v) is 7.67. The molecule has 0 radical (unpaired) electrons. The van der Waals surface area contributed by atoms with Crippen molar-refractivity contribution in [3.8, 4) is 0 Å². The Kier molecular flexibility index (Phi) is 5.85. The zero-order valence-electron chi connectivity index (χ0n) is 12.0. The molecular weight excluding hydrogens is 290 g/mol. The van der Waals surface area contributed by atoms with Gasteiger partial charge < -0.3 is 16.2 Å². The second kappa shape index (κ2) is 7.64. The van der Waals surface area contributed by atoms with Gasteiger partial charge in [-0.15, -0.1) is 0 Å². The third-order valence-electron chi connectivity index (χ3n) is 3.81. The lowest BCUT2D eigenvalue weighted by Crippen LogP contribution is -2.36. The molecule has 0 aromatic heterocycles. The predicted molar refractivity (Wildman–Crippen MR) is 85.4 cm³/mol. The SMILES string of the molecule is Nc1ccc(NC(=O)CN2CCCC2CCCO)c(Cl)c1. The molecule has 1 aliphatic heterocycles. The first-order valence-electron chi connectivity index (χ1n) is 7.30. The van der Waals surface area contributed by atoms with Crippen molar-refractivity contribution in [3.63, 3.8) is 0 Å². The van der Waals surface area contributed by atoms with Gasteiger partial charge in [0.05, 0.1) is 17.3 Å². The molecule has 0 bridgehead atoms. The zero-order chi connectivity index (χ0) is 15.2. The first-order chi connectivity index (χ1) is 10.1. The molecule has 5 nitrogen and oxygen atoms in total. The Balaban J connectivity index is 1.89. The van der Waals surface area contributed by atoms with Crippen molar-refractivity contribution < 1.29 is 9.90 Å². The molecule has 1 aliphatic rings. The lowest BCUT2D eigenvalue weighted by Gasteiger charge is -2.23. The number of nitrogens with two attached hydrogens (primary N) is 1. The number of halogens is 1. The highest BCUT2D eigenvalue weighted by Crippen LogP contribution is 2.25. The highest BCUT2D eigenvalue weighted by Gasteiger charge is 2.25. The molecule has 0 spiro atoms. The van der Waals surface area contributed by atoms with Crippen LogP contribution < -0.4 is 11.1 Å². The van der Waals surface area contributed by atoms with E-state index in [0.717, 1.165) is 32.2 Å². The monoisotopic (exact) mass is 311 g/mol. The summed E-state index contributed by atoms with van der Waals surface area (Å²) in [5, 5.41) is 12.2. The van der Waals surface area contributed by atoms with E-state index < -0.39 is 0 Å². The summed E-state index contributed by atoms with van der Waals surface area (Å²) in [6.07, 6.45) is 3.92. The topological polar surface area (TPSA) is 78.6 Å². The average Bonchev–Trinajstić information content (AvgIpc) is 2.87. The number of hydrogen-bond donors (Lipinski definition) is 3. The highest BCUT2D eigenvalue weighted by molar-refractivity contribution is 6.34. The molecule has 1 amide bonds. The van der Waals surface area contributed by atoms with Crippen molar-refractivity contribution in [2.24, 2.45) is 0 Å². The standard InChI is InChI=1S/C15H22ClN3O2/c16-13-9-11(17)5-6-14(13)18-15(21)10-19-7-1-3-12(19)4-2-8-20/h5-6,9,12,20H,1-4,7-8,10,17H2,(H,18,21). The van der Waals surface area contributed by atoms with Gasteiger partial charge in [0.25, 0.3) is 0 Å². The molecule has 0 saturated carbocycles. The van der Waals surface area contributed by atoms with E-state index in [1.54, 1.807) is 18.2 Å². The van der Waals surface area contributed by atoms with Crippen LogP contribution in [-0.2, 0) is 4.79 Å². The maximum absolute atomic E-state index is 12.1. The fraction of sp³-hybridized carbons (Fsp3) is 0.533. The van der Waals surface area contributed by atoms with E-state index >= 15 is 0 Å². The second-order valence-corrected chi connectivity index (χ2v) is 5.83. The summed E-state index contributed by atoms with van der Waals surface area (Å²) in [4.78, 5) is 14.3. The number of likely N-dealkylation sites (tertiary alicyclic amines) is 1. The van der Waals surface area contributed by atoms with Crippen LogP contribution in [0, 0.1) is 0 Å². The number of aliphatic hydroxyl groups is 1. The molecule has 2 rings (SSSR count). The molecule has 116 valence electrons. The third-order valence-corrected chi connectivity index (χ3v) is 4.12.